The summed E-state index contributed by atoms with van der Waals surface area (Å²) in [6.07, 6.45) is -2.18. The molecule has 0 spiro atoms. The molecule has 1 saturated heterocycles. The Hall–Kier alpha value is -0.240. The van der Waals surface area contributed by atoms with Crippen LogP contribution in [0.25, 0.3) is 0 Å². The highest BCUT2D eigenvalue weighted by Crippen LogP contribution is 2.41. The predicted molar refractivity (Wildman–Crippen MR) is 56.4 cm³/mol. The minimum atomic E-state index is -1.81. The lowest BCUT2D eigenvalue weighted by Crippen LogP contribution is -2.78. The van der Waals surface area contributed by atoms with Gasteiger partial charge in [-0.3, -0.25) is 0 Å². The maximum absolute atomic E-state index is 10.2. The van der Waals surface area contributed by atoms with E-state index < -0.39 is 35.2 Å². The number of aliphatic hydroxyl groups is 4. The first-order valence-electron chi connectivity index (χ1n) is 5.23. The molecule has 0 aromatic rings. The fourth-order valence-corrected chi connectivity index (χ4v) is 2.14. The smallest absolute Gasteiger partial charge is 0.181 e. The van der Waals surface area contributed by atoms with E-state index in [0.717, 1.165) is 0 Å². The molecule has 6 heteroatoms. The summed E-state index contributed by atoms with van der Waals surface area (Å²) in [6, 6.07) is -1.19. The van der Waals surface area contributed by atoms with Crippen LogP contribution in [-0.2, 0) is 4.74 Å². The lowest BCUT2D eigenvalue weighted by atomic mass is 9.70. The lowest BCUT2D eigenvalue weighted by molar-refractivity contribution is -0.364. The molecule has 1 rings (SSSR count). The van der Waals surface area contributed by atoms with E-state index in [9.17, 15) is 20.4 Å². The molecule has 0 aromatic heterocycles. The standard InChI is InChI=1S/C10H21NO5/c1-5(12)6-8(2,13)9(3,14)7(11)10(4,15)16-6/h5-7,12-15H,11H2,1-4H3/t5?,6-,7-,8-,9-,10-/m1/s1. The molecule has 1 heterocycles. The van der Waals surface area contributed by atoms with Crippen molar-refractivity contribution < 1.29 is 25.2 Å². The second kappa shape index (κ2) is 3.63. The van der Waals surface area contributed by atoms with Crippen molar-refractivity contribution in [2.75, 3.05) is 0 Å². The minimum absolute atomic E-state index is 1.06. The van der Waals surface area contributed by atoms with Crippen molar-refractivity contribution in [2.24, 2.45) is 5.73 Å². The topological polar surface area (TPSA) is 116 Å². The third-order valence-corrected chi connectivity index (χ3v) is 3.57. The molecule has 0 amide bonds. The first kappa shape index (κ1) is 13.8. The van der Waals surface area contributed by atoms with Gasteiger partial charge >= 0.3 is 0 Å². The van der Waals surface area contributed by atoms with Crippen LogP contribution in [0.1, 0.15) is 27.7 Å². The molecule has 1 unspecified atom stereocenters. The van der Waals surface area contributed by atoms with Gasteiger partial charge in [0.2, 0.25) is 0 Å². The van der Waals surface area contributed by atoms with Crippen molar-refractivity contribution in [1.82, 2.24) is 0 Å². The second-order valence-electron chi connectivity index (χ2n) is 5.11. The summed E-state index contributed by atoms with van der Waals surface area (Å²) in [6.45, 7) is 5.32. The third kappa shape index (κ3) is 1.75. The number of ether oxygens (including phenoxy) is 1. The Kier molecular flexibility index (Phi) is 3.13. The molecule has 0 aromatic carbocycles. The summed E-state index contributed by atoms with van der Waals surface area (Å²) in [5, 5.41) is 39.8. The van der Waals surface area contributed by atoms with E-state index in [0.29, 0.717) is 0 Å². The third-order valence-electron chi connectivity index (χ3n) is 3.57. The van der Waals surface area contributed by atoms with E-state index in [1.54, 1.807) is 0 Å². The zero-order valence-corrected chi connectivity index (χ0v) is 10.0. The Balaban J connectivity index is 3.19. The molecule has 96 valence electrons. The van der Waals surface area contributed by atoms with Gasteiger partial charge in [0, 0.05) is 0 Å². The Labute approximate surface area is 94.6 Å². The zero-order valence-electron chi connectivity index (χ0n) is 10.0. The van der Waals surface area contributed by atoms with Crippen molar-refractivity contribution in [3.05, 3.63) is 0 Å². The van der Waals surface area contributed by atoms with Gasteiger partial charge in [-0.05, 0) is 27.7 Å². The number of aliphatic hydroxyl groups excluding tert-OH is 1. The average molecular weight is 235 g/mol. The molecular formula is C10H21NO5. The van der Waals surface area contributed by atoms with Gasteiger partial charge in [-0.25, -0.2) is 0 Å². The van der Waals surface area contributed by atoms with E-state index in [1.165, 1.54) is 27.7 Å². The molecule has 6 atom stereocenters. The molecule has 0 aliphatic carbocycles. The van der Waals surface area contributed by atoms with E-state index in [-0.39, 0.29) is 0 Å². The van der Waals surface area contributed by atoms with E-state index in [1.807, 2.05) is 0 Å². The fraction of sp³-hybridized carbons (Fsp3) is 1.00. The van der Waals surface area contributed by atoms with Crippen LogP contribution in [0.5, 0.6) is 0 Å². The maximum Gasteiger partial charge on any atom is 0.181 e. The SMILES string of the molecule is CC(O)[C@H]1O[C@@](C)(O)[C@H](N)[C@@](C)(O)[C@]1(C)O. The van der Waals surface area contributed by atoms with Gasteiger partial charge in [-0.15, -0.1) is 0 Å². The first-order valence-corrected chi connectivity index (χ1v) is 5.23. The van der Waals surface area contributed by atoms with Crippen LogP contribution < -0.4 is 5.73 Å². The van der Waals surface area contributed by atoms with Crippen LogP contribution in [0.4, 0.5) is 0 Å². The van der Waals surface area contributed by atoms with Gasteiger partial charge in [-0.1, -0.05) is 0 Å². The summed E-state index contributed by atoms with van der Waals surface area (Å²) in [7, 11) is 0. The molecule has 1 fully saturated rings. The molecule has 0 radical (unpaired) electrons. The molecule has 0 bridgehead atoms. The van der Waals surface area contributed by atoms with Crippen molar-refractivity contribution in [1.29, 1.82) is 0 Å². The predicted octanol–water partition coefficient (Wildman–Crippen LogP) is -1.70. The normalized spacial score (nSPS) is 56.1. The van der Waals surface area contributed by atoms with Crippen molar-refractivity contribution in [3.63, 3.8) is 0 Å². The van der Waals surface area contributed by atoms with Crippen LogP contribution in [0, 0.1) is 0 Å². The molecule has 1 aliphatic heterocycles. The number of hydrogen-bond acceptors (Lipinski definition) is 6. The molecule has 16 heavy (non-hydrogen) atoms. The van der Waals surface area contributed by atoms with Gasteiger partial charge < -0.3 is 30.9 Å². The largest absolute Gasteiger partial charge is 0.391 e. The Bertz CT molecular complexity index is 268. The Morgan fingerprint density at radius 1 is 1.12 bits per heavy atom. The molecule has 0 saturated carbocycles. The van der Waals surface area contributed by atoms with Crippen LogP contribution in [0.2, 0.25) is 0 Å². The van der Waals surface area contributed by atoms with Crippen LogP contribution in [-0.4, -0.2) is 55.7 Å². The maximum atomic E-state index is 10.2. The summed E-state index contributed by atoms with van der Waals surface area (Å²) in [5.74, 6) is -1.81. The van der Waals surface area contributed by atoms with Gasteiger partial charge in [0.1, 0.15) is 17.3 Å². The van der Waals surface area contributed by atoms with Gasteiger partial charge in [-0.2, -0.15) is 0 Å². The lowest BCUT2D eigenvalue weighted by Gasteiger charge is -2.56. The number of rotatable bonds is 1. The van der Waals surface area contributed by atoms with E-state index >= 15 is 0 Å². The average Bonchev–Trinajstić information content (AvgIpc) is 2.10. The summed E-state index contributed by atoms with van der Waals surface area (Å²) >= 11 is 0. The monoisotopic (exact) mass is 235 g/mol. The van der Waals surface area contributed by atoms with Crippen molar-refractivity contribution in [3.8, 4) is 0 Å². The van der Waals surface area contributed by atoms with Gasteiger partial charge in [0.15, 0.2) is 5.79 Å². The fourth-order valence-electron chi connectivity index (χ4n) is 2.14. The highest BCUT2D eigenvalue weighted by atomic mass is 16.7. The first-order chi connectivity index (χ1) is 6.94. The van der Waals surface area contributed by atoms with E-state index in [2.05, 4.69) is 0 Å². The van der Waals surface area contributed by atoms with Crippen molar-refractivity contribution in [2.45, 2.75) is 62.9 Å². The molecule has 6 N–H and O–H groups in total. The summed E-state index contributed by atoms with van der Waals surface area (Å²) in [5.41, 5.74) is 2.12. The zero-order chi connectivity index (χ0) is 12.9. The summed E-state index contributed by atoms with van der Waals surface area (Å²) in [4.78, 5) is 0. The van der Waals surface area contributed by atoms with Gasteiger partial charge in [0.25, 0.3) is 0 Å². The van der Waals surface area contributed by atoms with E-state index in [4.69, 9.17) is 10.5 Å². The quantitative estimate of drug-likeness (QED) is 0.370. The Morgan fingerprint density at radius 3 is 1.94 bits per heavy atom. The van der Waals surface area contributed by atoms with Crippen molar-refractivity contribution >= 4 is 0 Å². The minimum Gasteiger partial charge on any atom is -0.391 e. The number of nitrogens with two attached hydrogens (primary N) is 1. The van der Waals surface area contributed by atoms with Crippen LogP contribution in [0.3, 0.4) is 0 Å². The van der Waals surface area contributed by atoms with Crippen LogP contribution >= 0.6 is 0 Å². The van der Waals surface area contributed by atoms with Crippen LogP contribution in [0.15, 0.2) is 0 Å². The highest BCUT2D eigenvalue weighted by molar-refractivity contribution is 5.13. The Morgan fingerprint density at radius 2 is 1.56 bits per heavy atom. The summed E-state index contributed by atoms with van der Waals surface area (Å²) < 4.78 is 5.17. The highest BCUT2D eigenvalue weighted by Gasteiger charge is 2.63. The second-order valence-corrected chi connectivity index (χ2v) is 5.11. The molecule has 6 nitrogen and oxygen atoms in total. The van der Waals surface area contributed by atoms with Gasteiger partial charge in [0.05, 0.1) is 12.1 Å². The number of hydrogen-bond donors (Lipinski definition) is 5. The molecular weight excluding hydrogens is 214 g/mol. The molecule has 1 aliphatic rings.